The van der Waals surface area contributed by atoms with E-state index in [1.807, 2.05) is 0 Å². The third-order valence-electron chi connectivity index (χ3n) is 2.97. The highest BCUT2D eigenvalue weighted by molar-refractivity contribution is 5.90. The predicted molar refractivity (Wildman–Crippen MR) is 60.3 cm³/mol. The first-order valence-electron chi connectivity index (χ1n) is 5.67. The summed E-state index contributed by atoms with van der Waals surface area (Å²) < 4.78 is 1.78. The van der Waals surface area contributed by atoms with Gasteiger partial charge in [0.25, 0.3) is 5.91 Å². The fourth-order valence-electron chi connectivity index (χ4n) is 1.87. The zero-order chi connectivity index (χ0) is 12.3. The van der Waals surface area contributed by atoms with Crippen molar-refractivity contribution in [1.29, 1.82) is 0 Å². The largest absolute Gasteiger partial charge is 0.317 e. The van der Waals surface area contributed by atoms with E-state index in [1.165, 1.54) is 7.11 Å². The number of carbonyl (C=O) groups excluding carboxylic acids is 1. The van der Waals surface area contributed by atoms with Gasteiger partial charge in [-0.3, -0.25) is 9.63 Å². The number of amides is 1. The fraction of sp³-hybridized carbons (Fsp3) is 0.700. The molecule has 7 nitrogen and oxygen atoms in total. The van der Waals surface area contributed by atoms with Crippen molar-refractivity contribution in [3.8, 4) is 0 Å². The van der Waals surface area contributed by atoms with Crippen LogP contribution in [0.5, 0.6) is 0 Å². The summed E-state index contributed by atoms with van der Waals surface area (Å²) >= 11 is 0. The van der Waals surface area contributed by atoms with Gasteiger partial charge in [0.05, 0.1) is 19.3 Å². The zero-order valence-electron chi connectivity index (χ0n) is 10.1. The molecule has 2 rings (SSSR count). The Morgan fingerprint density at radius 2 is 2.29 bits per heavy atom. The average molecular weight is 239 g/mol. The predicted octanol–water partition coefficient (Wildman–Crippen LogP) is -0.164. The third-order valence-corrected chi connectivity index (χ3v) is 2.97. The van der Waals surface area contributed by atoms with Crippen LogP contribution >= 0.6 is 0 Å². The van der Waals surface area contributed by atoms with Crippen LogP contribution in [0.4, 0.5) is 0 Å². The van der Waals surface area contributed by atoms with Crippen molar-refractivity contribution >= 4 is 5.91 Å². The molecule has 0 aliphatic carbocycles. The number of rotatable bonds is 3. The van der Waals surface area contributed by atoms with Crippen LogP contribution in [0.3, 0.4) is 0 Å². The van der Waals surface area contributed by atoms with Gasteiger partial charge in [-0.05, 0) is 25.9 Å². The van der Waals surface area contributed by atoms with Crippen LogP contribution in [0.2, 0.25) is 0 Å². The summed E-state index contributed by atoms with van der Waals surface area (Å²) in [6, 6.07) is 0.332. The minimum absolute atomic E-state index is 0.285. The summed E-state index contributed by atoms with van der Waals surface area (Å²) in [5, 5.41) is 12.3. The molecule has 0 aromatic carbocycles. The summed E-state index contributed by atoms with van der Waals surface area (Å²) in [7, 11) is 2.99. The third kappa shape index (κ3) is 2.62. The molecule has 0 unspecified atom stereocenters. The summed E-state index contributed by atoms with van der Waals surface area (Å²) in [4.78, 5) is 16.6. The van der Waals surface area contributed by atoms with Crippen LogP contribution in [0.15, 0.2) is 6.20 Å². The highest BCUT2D eigenvalue weighted by Crippen LogP contribution is 2.17. The number of aromatic nitrogens is 3. The zero-order valence-corrected chi connectivity index (χ0v) is 10.1. The minimum Gasteiger partial charge on any atom is -0.317 e. The van der Waals surface area contributed by atoms with Gasteiger partial charge in [0.2, 0.25) is 0 Å². The maximum atomic E-state index is 11.7. The van der Waals surface area contributed by atoms with Crippen molar-refractivity contribution in [2.24, 2.45) is 0 Å². The number of piperidine rings is 1. The molecule has 94 valence electrons. The molecule has 0 bridgehead atoms. The van der Waals surface area contributed by atoms with Crippen molar-refractivity contribution in [3.05, 3.63) is 11.9 Å². The molecule has 0 saturated carbocycles. The summed E-state index contributed by atoms with van der Waals surface area (Å²) in [6.45, 7) is 1.96. The van der Waals surface area contributed by atoms with Gasteiger partial charge in [-0.1, -0.05) is 5.21 Å². The van der Waals surface area contributed by atoms with Crippen molar-refractivity contribution in [3.63, 3.8) is 0 Å². The molecule has 0 atom stereocenters. The molecule has 1 amide bonds. The lowest BCUT2D eigenvalue weighted by atomic mass is 10.1. The van der Waals surface area contributed by atoms with Crippen LogP contribution < -0.4 is 5.32 Å². The van der Waals surface area contributed by atoms with Crippen molar-refractivity contribution < 1.29 is 9.63 Å². The monoisotopic (exact) mass is 239 g/mol. The molecule has 17 heavy (non-hydrogen) atoms. The standard InChI is InChI=1S/C10H17N5O2/c1-14(17-2)10(16)9-7-15(13-12-9)8-3-5-11-6-4-8/h7-8,11H,3-6H2,1-2H3. The van der Waals surface area contributed by atoms with Gasteiger partial charge >= 0.3 is 0 Å². The van der Waals surface area contributed by atoms with Gasteiger partial charge in [0, 0.05) is 7.05 Å². The lowest BCUT2D eigenvalue weighted by molar-refractivity contribution is -0.0760. The summed E-state index contributed by atoms with van der Waals surface area (Å²) in [6.07, 6.45) is 3.71. The molecule has 0 radical (unpaired) electrons. The molecule has 1 aliphatic rings. The van der Waals surface area contributed by atoms with Gasteiger partial charge in [0.15, 0.2) is 5.69 Å². The summed E-state index contributed by atoms with van der Waals surface area (Å²) in [5.74, 6) is -0.285. The Labute approximate surface area is 99.7 Å². The second-order valence-electron chi connectivity index (χ2n) is 4.05. The van der Waals surface area contributed by atoms with Gasteiger partial charge < -0.3 is 5.32 Å². The normalized spacial score (nSPS) is 17.1. The number of hydroxylamine groups is 2. The van der Waals surface area contributed by atoms with E-state index in [9.17, 15) is 4.79 Å². The Morgan fingerprint density at radius 3 is 2.94 bits per heavy atom. The van der Waals surface area contributed by atoms with E-state index in [0.29, 0.717) is 11.7 Å². The van der Waals surface area contributed by atoms with Crippen LogP contribution in [0.1, 0.15) is 29.4 Å². The van der Waals surface area contributed by atoms with Crippen LogP contribution in [-0.4, -0.2) is 53.2 Å². The van der Waals surface area contributed by atoms with E-state index in [1.54, 1.807) is 17.9 Å². The maximum absolute atomic E-state index is 11.7. The molecule has 1 fully saturated rings. The Balaban J connectivity index is 2.07. The van der Waals surface area contributed by atoms with E-state index in [-0.39, 0.29) is 5.91 Å². The minimum atomic E-state index is -0.285. The molecule has 7 heteroatoms. The van der Waals surface area contributed by atoms with Crippen LogP contribution in [-0.2, 0) is 4.84 Å². The first-order chi connectivity index (χ1) is 8.22. The molecule has 2 heterocycles. The first-order valence-corrected chi connectivity index (χ1v) is 5.67. The highest BCUT2D eigenvalue weighted by Gasteiger charge is 2.20. The number of carbonyl (C=O) groups is 1. The Kier molecular flexibility index (Phi) is 3.70. The molecule has 0 spiro atoms. The quantitative estimate of drug-likeness (QED) is 0.742. The topological polar surface area (TPSA) is 72.3 Å². The highest BCUT2D eigenvalue weighted by atomic mass is 16.7. The Morgan fingerprint density at radius 1 is 1.59 bits per heavy atom. The molecule has 1 aromatic heterocycles. The second-order valence-corrected chi connectivity index (χ2v) is 4.05. The molecular weight excluding hydrogens is 222 g/mol. The van der Waals surface area contributed by atoms with E-state index in [4.69, 9.17) is 4.84 Å². The molecular formula is C10H17N5O2. The van der Waals surface area contributed by atoms with Crippen molar-refractivity contribution in [2.75, 3.05) is 27.2 Å². The number of nitrogens with zero attached hydrogens (tertiary/aromatic N) is 4. The summed E-state index contributed by atoms with van der Waals surface area (Å²) in [5.41, 5.74) is 0.313. The van der Waals surface area contributed by atoms with Crippen molar-refractivity contribution in [1.82, 2.24) is 25.4 Å². The lowest BCUT2D eigenvalue weighted by Crippen LogP contribution is -2.29. The number of nitrogens with one attached hydrogen (secondary N) is 1. The molecule has 1 aliphatic heterocycles. The SMILES string of the molecule is CON(C)C(=O)c1cn(C2CCNCC2)nn1. The van der Waals surface area contributed by atoms with Gasteiger partial charge in [-0.25, -0.2) is 9.75 Å². The second kappa shape index (κ2) is 5.24. The average Bonchev–Trinajstić information content (AvgIpc) is 2.87. The fourth-order valence-corrected chi connectivity index (χ4v) is 1.87. The Hall–Kier alpha value is -1.47. The van der Waals surface area contributed by atoms with E-state index in [2.05, 4.69) is 15.6 Å². The van der Waals surface area contributed by atoms with Gasteiger partial charge in [0.1, 0.15) is 0 Å². The maximum Gasteiger partial charge on any atom is 0.299 e. The molecule has 1 aromatic rings. The molecule has 1 N–H and O–H groups in total. The smallest absolute Gasteiger partial charge is 0.299 e. The number of hydrogen-bond acceptors (Lipinski definition) is 5. The van der Waals surface area contributed by atoms with Gasteiger partial charge in [-0.15, -0.1) is 5.10 Å². The van der Waals surface area contributed by atoms with Gasteiger partial charge in [-0.2, -0.15) is 0 Å². The Bertz CT molecular complexity index is 386. The molecule has 1 saturated heterocycles. The van der Waals surface area contributed by atoms with Crippen LogP contribution in [0, 0.1) is 0 Å². The lowest BCUT2D eigenvalue weighted by Gasteiger charge is -2.22. The number of hydrogen-bond donors (Lipinski definition) is 1. The van der Waals surface area contributed by atoms with E-state index in [0.717, 1.165) is 31.0 Å². The van der Waals surface area contributed by atoms with E-state index >= 15 is 0 Å². The van der Waals surface area contributed by atoms with Crippen LogP contribution in [0.25, 0.3) is 0 Å². The first kappa shape index (κ1) is 12.0. The van der Waals surface area contributed by atoms with Crippen molar-refractivity contribution in [2.45, 2.75) is 18.9 Å². The van der Waals surface area contributed by atoms with E-state index < -0.39 is 0 Å².